The van der Waals surface area contributed by atoms with Gasteiger partial charge in [-0.1, -0.05) is 31.4 Å². The molecule has 1 heteroatoms. The molecule has 0 aromatic carbocycles. The highest BCUT2D eigenvalue weighted by Gasteiger charge is 1.88. The van der Waals surface area contributed by atoms with Crippen molar-refractivity contribution < 1.29 is 0 Å². The Kier molecular flexibility index (Phi) is 4.91. The van der Waals surface area contributed by atoms with Gasteiger partial charge in [-0.05, 0) is 12.2 Å². The first-order valence-electron chi connectivity index (χ1n) is 3.51. The topological polar surface area (TPSA) is 3.24 Å². The fraction of sp³-hybridized carbons (Fsp3) is 0.200. The molecule has 0 saturated carbocycles. The van der Waals surface area contributed by atoms with E-state index in [4.69, 9.17) is 0 Å². The minimum atomic E-state index is 1.09. The summed E-state index contributed by atoms with van der Waals surface area (Å²) in [5, 5.41) is 0. The van der Waals surface area contributed by atoms with Gasteiger partial charge in [0.05, 0.1) is 0 Å². The van der Waals surface area contributed by atoms with Crippen LogP contribution in [0.1, 0.15) is 0 Å². The predicted octanol–water partition coefficient (Wildman–Crippen LogP) is 2.36. The predicted molar refractivity (Wildman–Crippen MR) is 51.3 cm³/mol. The quantitative estimate of drug-likeness (QED) is 0.555. The highest BCUT2D eigenvalue weighted by molar-refractivity contribution is 5.21. The van der Waals surface area contributed by atoms with Crippen molar-refractivity contribution in [3.8, 4) is 0 Å². The molecule has 0 N–H and O–H groups in total. The summed E-state index contributed by atoms with van der Waals surface area (Å²) in [6.45, 7) is 7.26. The van der Waals surface area contributed by atoms with Crippen LogP contribution in [0.25, 0.3) is 0 Å². The fourth-order valence-electron chi connectivity index (χ4n) is 0.632. The zero-order valence-corrected chi connectivity index (χ0v) is 7.25. The van der Waals surface area contributed by atoms with Crippen LogP contribution in [0.5, 0.6) is 0 Å². The van der Waals surface area contributed by atoms with Crippen LogP contribution in [0.15, 0.2) is 49.2 Å². The maximum Gasteiger partial charge on any atom is 0.0355 e. The van der Waals surface area contributed by atoms with Gasteiger partial charge in [0.25, 0.3) is 0 Å². The minimum Gasteiger partial charge on any atom is -0.378 e. The van der Waals surface area contributed by atoms with E-state index in [0.29, 0.717) is 0 Å². The van der Waals surface area contributed by atoms with Crippen LogP contribution in [0.3, 0.4) is 0 Å². The first-order chi connectivity index (χ1) is 5.22. The second-order valence-corrected chi connectivity index (χ2v) is 2.31. The van der Waals surface area contributed by atoms with Crippen molar-refractivity contribution in [1.82, 2.24) is 4.90 Å². The highest BCUT2D eigenvalue weighted by atomic mass is 15.1. The number of hydrogen-bond acceptors (Lipinski definition) is 1. The Labute approximate surface area is 69.0 Å². The van der Waals surface area contributed by atoms with Gasteiger partial charge in [0.15, 0.2) is 0 Å². The number of allylic oxidation sites excluding steroid dienone is 5. The lowest BCUT2D eigenvalue weighted by molar-refractivity contribution is 0.530. The molecule has 0 amide bonds. The summed E-state index contributed by atoms with van der Waals surface area (Å²) in [6, 6.07) is 0. The third kappa shape index (κ3) is 4.20. The van der Waals surface area contributed by atoms with Gasteiger partial charge < -0.3 is 4.90 Å². The lowest BCUT2D eigenvalue weighted by atomic mass is 10.3. The maximum absolute atomic E-state index is 3.69. The van der Waals surface area contributed by atoms with Crippen LogP contribution in [0, 0.1) is 0 Å². The molecule has 0 fully saturated rings. The van der Waals surface area contributed by atoms with Gasteiger partial charge >= 0.3 is 0 Å². The summed E-state index contributed by atoms with van der Waals surface area (Å²) < 4.78 is 0. The van der Waals surface area contributed by atoms with Gasteiger partial charge in [-0.3, -0.25) is 0 Å². The second-order valence-electron chi connectivity index (χ2n) is 2.31. The number of rotatable bonds is 4. The zero-order chi connectivity index (χ0) is 8.69. The molecule has 0 aliphatic carbocycles. The number of likely N-dealkylation sites (N-methyl/N-ethyl adjacent to an activating group) is 1. The van der Waals surface area contributed by atoms with Gasteiger partial charge in [-0.2, -0.15) is 0 Å². The molecule has 0 atom stereocenters. The summed E-state index contributed by atoms with van der Waals surface area (Å²) in [6.07, 6.45) is 9.35. The highest BCUT2D eigenvalue weighted by Crippen LogP contribution is 1.98. The van der Waals surface area contributed by atoms with Crippen LogP contribution in [0.2, 0.25) is 0 Å². The van der Waals surface area contributed by atoms with Crippen LogP contribution in [-0.2, 0) is 0 Å². The van der Waals surface area contributed by atoms with E-state index in [0.717, 1.165) is 5.70 Å². The number of hydrogen-bond donors (Lipinski definition) is 0. The Bertz CT molecular complexity index is 185. The Balaban J connectivity index is 4.23. The fourth-order valence-corrected chi connectivity index (χ4v) is 0.632. The molecule has 0 aromatic heterocycles. The van der Waals surface area contributed by atoms with E-state index in [1.165, 1.54) is 0 Å². The van der Waals surface area contributed by atoms with E-state index < -0.39 is 0 Å². The molecular weight excluding hydrogens is 134 g/mol. The molecule has 0 spiro atoms. The molecule has 0 radical (unpaired) electrons. The Morgan fingerprint density at radius 1 is 1.18 bits per heavy atom. The van der Waals surface area contributed by atoms with Crippen molar-refractivity contribution in [1.29, 1.82) is 0 Å². The second kappa shape index (κ2) is 5.54. The molecule has 0 saturated heterocycles. The monoisotopic (exact) mass is 149 g/mol. The van der Waals surface area contributed by atoms with Crippen LogP contribution in [0.4, 0.5) is 0 Å². The number of nitrogens with zero attached hydrogens (tertiary/aromatic N) is 1. The molecule has 0 bridgehead atoms. The van der Waals surface area contributed by atoms with Gasteiger partial charge in [-0.25, -0.2) is 0 Å². The molecule has 0 rings (SSSR count). The maximum atomic E-state index is 3.69. The molecule has 0 unspecified atom stereocenters. The minimum absolute atomic E-state index is 1.09. The summed E-state index contributed by atoms with van der Waals surface area (Å²) >= 11 is 0. The smallest absolute Gasteiger partial charge is 0.0355 e. The lowest BCUT2D eigenvalue weighted by Crippen LogP contribution is -2.08. The van der Waals surface area contributed by atoms with Crippen LogP contribution in [-0.4, -0.2) is 19.0 Å². The van der Waals surface area contributed by atoms with Crippen molar-refractivity contribution in [2.75, 3.05) is 14.1 Å². The van der Waals surface area contributed by atoms with Crippen molar-refractivity contribution >= 4 is 0 Å². The van der Waals surface area contributed by atoms with E-state index in [1.807, 2.05) is 43.3 Å². The summed E-state index contributed by atoms with van der Waals surface area (Å²) in [5.41, 5.74) is 1.09. The summed E-state index contributed by atoms with van der Waals surface area (Å²) in [7, 11) is 3.96. The van der Waals surface area contributed by atoms with Gasteiger partial charge in [0, 0.05) is 19.8 Å². The standard InChI is InChI=1S/C10H15N/c1-5-7-8-9-10(6-2)11(3)4/h5-9H,1-2H2,3-4H3/b8-7+,10-9+. The van der Waals surface area contributed by atoms with Crippen molar-refractivity contribution in [3.63, 3.8) is 0 Å². The molecule has 0 aliphatic heterocycles. The Morgan fingerprint density at radius 3 is 2.18 bits per heavy atom. The van der Waals surface area contributed by atoms with E-state index in [9.17, 15) is 0 Å². The zero-order valence-electron chi connectivity index (χ0n) is 7.25. The Hall–Kier alpha value is -1.24. The summed E-state index contributed by atoms with van der Waals surface area (Å²) in [5.74, 6) is 0. The SMILES string of the molecule is C=C/C=C/C=C(\C=C)N(C)C. The third-order valence-electron chi connectivity index (χ3n) is 1.24. The van der Waals surface area contributed by atoms with E-state index >= 15 is 0 Å². The Morgan fingerprint density at radius 2 is 1.82 bits per heavy atom. The average Bonchev–Trinajstić information content (AvgIpc) is 1.97. The van der Waals surface area contributed by atoms with Gasteiger partial charge in [0.1, 0.15) is 0 Å². The van der Waals surface area contributed by atoms with Crippen molar-refractivity contribution in [2.24, 2.45) is 0 Å². The van der Waals surface area contributed by atoms with Crippen LogP contribution < -0.4 is 0 Å². The largest absolute Gasteiger partial charge is 0.378 e. The molecule has 60 valence electrons. The molecule has 0 aromatic rings. The van der Waals surface area contributed by atoms with Gasteiger partial charge in [0.2, 0.25) is 0 Å². The first-order valence-corrected chi connectivity index (χ1v) is 3.51. The molecule has 1 nitrogen and oxygen atoms in total. The normalized spacial score (nSPS) is 11.6. The van der Waals surface area contributed by atoms with Gasteiger partial charge in [-0.15, -0.1) is 0 Å². The lowest BCUT2D eigenvalue weighted by Gasteiger charge is -2.11. The summed E-state index contributed by atoms with van der Waals surface area (Å²) in [4.78, 5) is 2.00. The van der Waals surface area contributed by atoms with E-state index in [-0.39, 0.29) is 0 Å². The average molecular weight is 149 g/mol. The van der Waals surface area contributed by atoms with E-state index in [1.54, 1.807) is 6.08 Å². The van der Waals surface area contributed by atoms with Crippen molar-refractivity contribution in [2.45, 2.75) is 0 Å². The molecular formula is C10H15N. The molecule has 0 aliphatic rings. The molecule has 11 heavy (non-hydrogen) atoms. The van der Waals surface area contributed by atoms with Crippen LogP contribution >= 0.6 is 0 Å². The van der Waals surface area contributed by atoms with Crippen molar-refractivity contribution in [3.05, 3.63) is 49.2 Å². The third-order valence-corrected chi connectivity index (χ3v) is 1.24. The first kappa shape index (κ1) is 9.76. The van der Waals surface area contributed by atoms with E-state index in [2.05, 4.69) is 13.2 Å². The molecule has 0 heterocycles.